The number of aryl methyl sites for hydroxylation is 1. The highest BCUT2D eigenvalue weighted by Gasteiger charge is 2.45. The van der Waals surface area contributed by atoms with E-state index < -0.39 is 23.6 Å². The number of thiazole rings is 1. The van der Waals surface area contributed by atoms with Gasteiger partial charge in [0.25, 0.3) is 0 Å². The molecule has 58 heavy (non-hydrogen) atoms. The minimum absolute atomic E-state index is 0.0171. The molecule has 0 spiro atoms. The van der Waals surface area contributed by atoms with Gasteiger partial charge in [0.15, 0.2) is 0 Å². The lowest BCUT2D eigenvalue weighted by Crippen LogP contribution is -2.59. The summed E-state index contributed by atoms with van der Waals surface area (Å²) < 4.78 is 0. The maximum atomic E-state index is 14.3. The molecule has 0 bridgehead atoms. The molecule has 3 amide bonds. The van der Waals surface area contributed by atoms with Crippen LogP contribution in [-0.4, -0.2) is 85.8 Å². The summed E-state index contributed by atoms with van der Waals surface area (Å²) in [6.45, 7) is 10.9. The van der Waals surface area contributed by atoms with E-state index in [1.807, 2.05) is 88.7 Å². The molecule has 13 heteroatoms. The predicted molar refractivity (Wildman–Crippen MR) is 226 cm³/mol. The molecule has 4 heterocycles. The number of piperidine rings is 1. The van der Waals surface area contributed by atoms with E-state index in [0.29, 0.717) is 37.2 Å². The van der Waals surface area contributed by atoms with Crippen molar-refractivity contribution in [2.45, 2.75) is 78.1 Å². The number of para-hydroxylation sites is 1. The smallest absolute Gasteiger partial charge is 0.246 e. The minimum atomic E-state index is -0.889. The van der Waals surface area contributed by atoms with Crippen molar-refractivity contribution in [3.05, 3.63) is 102 Å². The molecule has 2 unspecified atom stereocenters. The fourth-order valence-corrected chi connectivity index (χ4v) is 8.70. The van der Waals surface area contributed by atoms with Crippen LogP contribution in [0.4, 0.5) is 5.69 Å². The quantitative estimate of drug-likeness (QED) is 0.123. The zero-order valence-electron chi connectivity index (χ0n) is 33.6. The maximum absolute atomic E-state index is 14.3. The summed E-state index contributed by atoms with van der Waals surface area (Å²) in [5.74, 6) is -1.02. The maximum Gasteiger partial charge on any atom is 0.246 e. The van der Waals surface area contributed by atoms with Crippen LogP contribution in [0.2, 0.25) is 0 Å². The highest BCUT2D eigenvalue weighted by molar-refractivity contribution is 7.13. The second-order valence-corrected chi connectivity index (χ2v) is 17.3. The van der Waals surface area contributed by atoms with E-state index in [1.54, 1.807) is 35.7 Å². The summed E-state index contributed by atoms with van der Waals surface area (Å²) in [5, 5.41) is 35.5. The van der Waals surface area contributed by atoms with Crippen molar-refractivity contribution < 1.29 is 24.6 Å². The van der Waals surface area contributed by atoms with E-state index in [0.717, 1.165) is 38.5 Å². The van der Waals surface area contributed by atoms with Crippen LogP contribution in [0.3, 0.4) is 0 Å². The Bertz CT molecular complexity index is 2250. The summed E-state index contributed by atoms with van der Waals surface area (Å²) >= 11 is 1.58. The van der Waals surface area contributed by atoms with E-state index >= 15 is 0 Å². The Balaban J connectivity index is 0.952. The first-order valence-electron chi connectivity index (χ1n) is 19.8. The number of aliphatic hydroxyl groups excluding tert-OH is 1. The van der Waals surface area contributed by atoms with Gasteiger partial charge < -0.3 is 30.6 Å². The molecule has 0 saturated carbocycles. The topological polar surface area (TPSA) is 161 Å². The van der Waals surface area contributed by atoms with Crippen LogP contribution in [0.25, 0.3) is 32.8 Å². The Hall–Kier alpha value is -5.66. The fraction of sp³-hybridized carbons (Fsp3) is 0.378. The van der Waals surface area contributed by atoms with E-state index in [4.69, 9.17) is 0 Å². The molecule has 0 aliphatic carbocycles. The van der Waals surface area contributed by atoms with Gasteiger partial charge in [-0.15, -0.1) is 11.3 Å². The Morgan fingerprint density at radius 1 is 0.897 bits per heavy atom. The van der Waals surface area contributed by atoms with Crippen LogP contribution in [0.5, 0.6) is 5.75 Å². The number of likely N-dealkylation sites (tertiary alicyclic amines) is 1. The molecule has 2 aliphatic rings. The number of nitrogens with one attached hydrogen (secondary N) is 2. The predicted octanol–water partition coefficient (Wildman–Crippen LogP) is 6.53. The molecule has 7 rings (SSSR count). The molecular formula is C45H51N7O5S. The van der Waals surface area contributed by atoms with E-state index in [2.05, 4.69) is 42.8 Å². The molecular weight excluding hydrogens is 751 g/mol. The number of phenolic OH excluding ortho intramolecular Hbond substituents is 1. The monoisotopic (exact) mass is 801 g/mol. The molecule has 2 aromatic heterocycles. The van der Waals surface area contributed by atoms with Crippen molar-refractivity contribution >= 4 is 34.7 Å². The molecule has 5 aromatic rings. The number of phenols is 1. The molecule has 3 aromatic carbocycles. The second-order valence-electron chi connectivity index (χ2n) is 16.5. The minimum Gasteiger partial charge on any atom is -0.507 e. The first kappa shape index (κ1) is 40.5. The number of nitrogens with zero attached hydrogens (tertiary/aromatic N) is 5. The Kier molecular flexibility index (Phi) is 11.9. The number of hydrogen-bond acceptors (Lipinski definition) is 10. The number of carbonyl (C=O) groups is 3. The number of aliphatic hydroxyl groups is 1. The molecule has 4 N–H and O–H groups in total. The molecule has 12 nitrogen and oxygen atoms in total. The summed E-state index contributed by atoms with van der Waals surface area (Å²) in [7, 11) is 0. The van der Waals surface area contributed by atoms with Crippen molar-refractivity contribution in [2.24, 2.45) is 11.3 Å². The zero-order valence-corrected chi connectivity index (χ0v) is 34.4. The number of anilines is 1. The van der Waals surface area contributed by atoms with Gasteiger partial charge >= 0.3 is 0 Å². The lowest BCUT2D eigenvalue weighted by molar-refractivity contribution is -0.144. The van der Waals surface area contributed by atoms with Gasteiger partial charge in [0.1, 0.15) is 17.8 Å². The van der Waals surface area contributed by atoms with E-state index in [-0.39, 0.29) is 48.4 Å². The standard InChI is InChI=1S/C45H51N7O5S/c1-27(29-10-12-31(13-11-29)40-28(2)46-26-58-40)48-43(56)38-23-35(53)25-52(38)44(57)41(45(3,4)5)49-42(55)32-18-20-51(21-19-32)34-16-14-30(15-17-34)33-22-37(50-47-24-33)36-8-6-7-9-39(36)54/h6-17,22,24,26-27,32,35,38,41,53-54H,18-21,23,25H2,1-5H3,(H,48,56)(H,49,55)/t27?,35-,38+,41?/m1/s1. The van der Waals surface area contributed by atoms with Crippen molar-refractivity contribution in [1.29, 1.82) is 0 Å². The second kappa shape index (κ2) is 17.1. The third-order valence-corrected chi connectivity index (χ3v) is 12.3. The van der Waals surface area contributed by atoms with Crippen LogP contribution in [0.1, 0.15) is 64.3 Å². The molecule has 2 aliphatic heterocycles. The third-order valence-electron chi connectivity index (χ3n) is 11.3. The number of rotatable bonds is 10. The van der Waals surface area contributed by atoms with Gasteiger partial charge in [0.2, 0.25) is 17.7 Å². The van der Waals surface area contributed by atoms with Crippen LogP contribution in [0.15, 0.2) is 90.6 Å². The summed E-state index contributed by atoms with van der Waals surface area (Å²) in [6.07, 6.45) is 2.21. The lowest BCUT2D eigenvalue weighted by Gasteiger charge is -2.38. The number of hydrogen-bond donors (Lipinski definition) is 4. The number of amides is 3. The number of aromatic hydroxyl groups is 1. The number of benzene rings is 3. The highest BCUT2D eigenvalue weighted by Crippen LogP contribution is 2.33. The van der Waals surface area contributed by atoms with Gasteiger partial charge in [-0.1, -0.05) is 69.3 Å². The summed E-state index contributed by atoms with van der Waals surface area (Å²) in [6, 6.07) is 23.0. The SMILES string of the molecule is Cc1ncsc1-c1ccc(C(C)NC(=O)[C@@H]2C[C@@H](O)CN2C(=O)C(NC(=O)C2CCN(c3ccc(-c4cnnc(-c5ccccc5O)c4)cc3)CC2)C(C)(C)C)cc1. The zero-order chi connectivity index (χ0) is 41.1. The largest absolute Gasteiger partial charge is 0.507 e. The van der Waals surface area contributed by atoms with Crippen LogP contribution in [0, 0.1) is 18.3 Å². The van der Waals surface area contributed by atoms with Gasteiger partial charge in [0.05, 0.1) is 40.1 Å². The van der Waals surface area contributed by atoms with Crippen molar-refractivity contribution in [3.63, 3.8) is 0 Å². The average Bonchev–Trinajstić information content (AvgIpc) is 3.84. The molecule has 302 valence electrons. The van der Waals surface area contributed by atoms with E-state index in [1.165, 1.54) is 4.90 Å². The highest BCUT2D eigenvalue weighted by atomic mass is 32.1. The van der Waals surface area contributed by atoms with E-state index in [9.17, 15) is 24.6 Å². The van der Waals surface area contributed by atoms with Gasteiger partial charge in [-0.2, -0.15) is 10.2 Å². The molecule has 0 radical (unpaired) electrons. The first-order valence-corrected chi connectivity index (χ1v) is 20.7. The number of carbonyl (C=O) groups excluding carboxylic acids is 3. The van der Waals surface area contributed by atoms with Crippen LogP contribution in [-0.2, 0) is 14.4 Å². The van der Waals surface area contributed by atoms with Gasteiger partial charge in [0, 0.05) is 48.8 Å². The molecule has 2 saturated heterocycles. The number of β-amino-alcohol motifs (C(OH)–C–C–N with tert-alkyl or cyclic N) is 1. The lowest BCUT2D eigenvalue weighted by atomic mass is 9.84. The number of aromatic nitrogens is 3. The molecule has 4 atom stereocenters. The summed E-state index contributed by atoms with van der Waals surface area (Å²) in [4.78, 5) is 50.9. The first-order chi connectivity index (χ1) is 27.8. The van der Waals surface area contributed by atoms with Crippen LogP contribution >= 0.6 is 11.3 Å². The van der Waals surface area contributed by atoms with Crippen molar-refractivity contribution in [1.82, 2.24) is 30.7 Å². The Morgan fingerprint density at radius 2 is 1.59 bits per heavy atom. The van der Waals surface area contributed by atoms with Crippen LogP contribution < -0.4 is 15.5 Å². The fourth-order valence-electron chi connectivity index (χ4n) is 7.89. The van der Waals surface area contributed by atoms with Gasteiger partial charge in [-0.25, -0.2) is 4.98 Å². The average molecular weight is 802 g/mol. The normalized spacial score (nSPS) is 18.4. The molecule has 2 fully saturated rings. The Labute approximate surface area is 343 Å². The van der Waals surface area contributed by atoms with Gasteiger partial charge in [-0.3, -0.25) is 14.4 Å². The van der Waals surface area contributed by atoms with Crippen molar-refractivity contribution in [2.75, 3.05) is 24.5 Å². The Morgan fingerprint density at radius 3 is 2.24 bits per heavy atom. The van der Waals surface area contributed by atoms with Crippen molar-refractivity contribution in [3.8, 4) is 38.6 Å². The van der Waals surface area contributed by atoms with Gasteiger partial charge in [-0.05, 0) is 79.1 Å². The summed E-state index contributed by atoms with van der Waals surface area (Å²) in [5.41, 5.74) is 8.22. The third kappa shape index (κ3) is 8.90.